The average molecular weight is 415 g/mol. The number of carbonyl (C=O) groups excluding carboxylic acids is 1. The summed E-state index contributed by atoms with van der Waals surface area (Å²) in [6, 6.07) is 11.7. The van der Waals surface area contributed by atoms with Crippen LogP contribution in [0.25, 0.3) is 21.5 Å². The zero-order valence-corrected chi connectivity index (χ0v) is 17.8. The first-order valence-corrected chi connectivity index (χ1v) is 10.8. The van der Waals surface area contributed by atoms with E-state index < -0.39 is 0 Å². The second-order valence-corrected chi connectivity index (χ2v) is 8.91. The van der Waals surface area contributed by atoms with Crippen molar-refractivity contribution in [2.75, 3.05) is 13.1 Å². The van der Waals surface area contributed by atoms with Crippen molar-refractivity contribution in [3.8, 4) is 10.6 Å². The van der Waals surface area contributed by atoms with Crippen molar-refractivity contribution in [1.29, 1.82) is 0 Å². The summed E-state index contributed by atoms with van der Waals surface area (Å²) in [6.07, 6.45) is 1.03. The van der Waals surface area contributed by atoms with Crippen molar-refractivity contribution < 1.29 is 9.53 Å². The van der Waals surface area contributed by atoms with E-state index >= 15 is 0 Å². The smallest absolute Gasteiger partial charge is 0.254 e. The van der Waals surface area contributed by atoms with Crippen LogP contribution >= 0.6 is 22.9 Å². The molecular weight excluding hydrogens is 392 g/mol. The molecule has 0 N–H and O–H groups in total. The van der Waals surface area contributed by atoms with Crippen molar-refractivity contribution in [3.63, 3.8) is 0 Å². The molecule has 0 spiro atoms. The lowest BCUT2D eigenvalue weighted by Gasteiger charge is -2.35. The number of aryl methyl sites for hydroxylation is 1. The Hall–Kier alpha value is -1.95. The molecule has 3 heterocycles. The van der Waals surface area contributed by atoms with E-state index in [4.69, 9.17) is 21.3 Å². The van der Waals surface area contributed by atoms with Crippen LogP contribution in [0.1, 0.15) is 36.0 Å². The van der Waals surface area contributed by atoms with Crippen LogP contribution in [0.3, 0.4) is 0 Å². The van der Waals surface area contributed by atoms with Crippen molar-refractivity contribution >= 4 is 39.7 Å². The summed E-state index contributed by atoms with van der Waals surface area (Å²) in [5.41, 5.74) is 2.26. The summed E-state index contributed by atoms with van der Waals surface area (Å²) in [4.78, 5) is 22.5. The number of amides is 1. The van der Waals surface area contributed by atoms with Gasteiger partial charge in [-0.2, -0.15) is 0 Å². The maximum Gasteiger partial charge on any atom is 0.254 e. The molecule has 0 saturated carbocycles. The molecule has 1 aliphatic rings. The molecule has 1 amide bonds. The van der Waals surface area contributed by atoms with Gasteiger partial charge in [-0.05, 0) is 56.7 Å². The van der Waals surface area contributed by atoms with Gasteiger partial charge in [0.1, 0.15) is 0 Å². The Balaban J connectivity index is 1.82. The minimum absolute atomic E-state index is 0.00480. The van der Waals surface area contributed by atoms with Crippen LogP contribution in [-0.4, -0.2) is 41.1 Å². The Morgan fingerprint density at radius 1 is 1.21 bits per heavy atom. The van der Waals surface area contributed by atoms with Gasteiger partial charge >= 0.3 is 0 Å². The first kappa shape index (κ1) is 19.4. The highest BCUT2D eigenvalue weighted by atomic mass is 35.5. The molecule has 28 heavy (non-hydrogen) atoms. The topological polar surface area (TPSA) is 42.4 Å². The van der Waals surface area contributed by atoms with Crippen molar-refractivity contribution in [3.05, 3.63) is 51.9 Å². The second-order valence-electron chi connectivity index (χ2n) is 7.30. The number of morpholine rings is 1. The predicted octanol–water partition coefficient (Wildman–Crippen LogP) is 5.43. The van der Waals surface area contributed by atoms with Gasteiger partial charge in [0.25, 0.3) is 5.91 Å². The van der Waals surface area contributed by atoms with Crippen LogP contribution in [-0.2, 0) is 11.2 Å². The fourth-order valence-corrected chi connectivity index (χ4v) is 4.80. The second kappa shape index (κ2) is 7.82. The minimum Gasteiger partial charge on any atom is -0.372 e. The fraction of sp³-hybridized carbons (Fsp3) is 0.364. The average Bonchev–Trinajstić information content (AvgIpc) is 3.15. The Morgan fingerprint density at radius 3 is 2.64 bits per heavy atom. The van der Waals surface area contributed by atoms with Gasteiger partial charge < -0.3 is 9.64 Å². The van der Waals surface area contributed by atoms with Crippen LogP contribution in [0.5, 0.6) is 0 Å². The summed E-state index contributed by atoms with van der Waals surface area (Å²) in [5.74, 6) is 0.00480. The van der Waals surface area contributed by atoms with Gasteiger partial charge in [-0.25, -0.2) is 4.98 Å². The van der Waals surface area contributed by atoms with E-state index in [1.54, 1.807) is 11.3 Å². The standard InChI is InChI=1S/C22H23ClN2O2S/c1-4-16-6-8-21(28-16)20-10-18(17-9-15(23)5-7-19(17)24-20)22(26)25-11-13(2)27-14(3)12-25/h5-10,13-14H,4,11-12H2,1-3H3/t13-,14+. The van der Waals surface area contributed by atoms with E-state index in [1.807, 2.05) is 43.0 Å². The molecule has 0 bridgehead atoms. The molecule has 1 aliphatic heterocycles. The van der Waals surface area contributed by atoms with Crippen molar-refractivity contribution in [1.82, 2.24) is 9.88 Å². The number of carbonyl (C=O) groups is 1. The number of hydrogen-bond donors (Lipinski definition) is 0. The van der Waals surface area contributed by atoms with E-state index in [0.717, 1.165) is 27.9 Å². The zero-order valence-electron chi connectivity index (χ0n) is 16.2. The maximum atomic E-state index is 13.5. The number of pyridine rings is 1. The lowest BCUT2D eigenvalue weighted by molar-refractivity contribution is -0.0585. The number of thiophene rings is 1. The van der Waals surface area contributed by atoms with E-state index in [9.17, 15) is 4.79 Å². The zero-order chi connectivity index (χ0) is 19.8. The van der Waals surface area contributed by atoms with Crippen LogP contribution in [0.15, 0.2) is 36.4 Å². The molecule has 0 aliphatic carbocycles. The van der Waals surface area contributed by atoms with Gasteiger partial charge in [-0.1, -0.05) is 18.5 Å². The number of benzene rings is 1. The summed E-state index contributed by atoms with van der Waals surface area (Å²) >= 11 is 7.96. The van der Waals surface area contributed by atoms with E-state index in [1.165, 1.54) is 4.88 Å². The lowest BCUT2D eigenvalue weighted by Crippen LogP contribution is -2.48. The normalized spacial score (nSPS) is 19.9. The summed E-state index contributed by atoms with van der Waals surface area (Å²) in [6.45, 7) is 7.31. The summed E-state index contributed by atoms with van der Waals surface area (Å²) in [5, 5.41) is 1.39. The van der Waals surface area contributed by atoms with Crippen molar-refractivity contribution in [2.24, 2.45) is 0 Å². The third kappa shape index (κ3) is 3.79. The highest BCUT2D eigenvalue weighted by Gasteiger charge is 2.28. The van der Waals surface area contributed by atoms with E-state index in [-0.39, 0.29) is 18.1 Å². The molecule has 4 rings (SSSR count). The van der Waals surface area contributed by atoms with Crippen LogP contribution < -0.4 is 0 Å². The maximum absolute atomic E-state index is 13.5. The van der Waals surface area contributed by atoms with E-state index in [2.05, 4.69) is 19.1 Å². The SMILES string of the molecule is CCc1ccc(-c2cc(C(=O)N3C[C@@H](C)O[C@@H](C)C3)c3cc(Cl)ccc3n2)s1. The molecule has 146 valence electrons. The fourth-order valence-electron chi connectivity index (χ4n) is 3.72. The van der Waals surface area contributed by atoms with Crippen LogP contribution in [0.2, 0.25) is 5.02 Å². The Kier molecular flexibility index (Phi) is 5.41. The molecule has 4 nitrogen and oxygen atoms in total. The predicted molar refractivity (Wildman–Crippen MR) is 115 cm³/mol. The quantitative estimate of drug-likeness (QED) is 0.574. The summed E-state index contributed by atoms with van der Waals surface area (Å²) in [7, 11) is 0. The van der Waals surface area contributed by atoms with Gasteiger partial charge in [0.2, 0.25) is 0 Å². The molecule has 0 radical (unpaired) electrons. The number of fused-ring (bicyclic) bond motifs is 1. The number of nitrogens with zero attached hydrogens (tertiary/aromatic N) is 2. The number of rotatable bonds is 3. The van der Waals surface area contributed by atoms with Gasteiger partial charge in [0, 0.05) is 28.4 Å². The highest BCUT2D eigenvalue weighted by molar-refractivity contribution is 7.15. The number of hydrogen-bond acceptors (Lipinski definition) is 4. The third-order valence-electron chi connectivity index (χ3n) is 4.97. The molecule has 1 saturated heterocycles. The molecular formula is C22H23ClN2O2S. The first-order chi connectivity index (χ1) is 13.4. The first-order valence-electron chi connectivity index (χ1n) is 9.58. The molecule has 1 aromatic carbocycles. The van der Waals surface area contributed by atoms with Gasteiger partial charge in [0.15, 0.2) is 0 Å². The van der Waals surface area contributed by atoms with Gasteiger partial charge in [-0.15, -0.1) is 11.3 Å². The van der Waals surface area contributed by atoms with Crippen molar-refractivity contribution in [2.45, 2.75) is 39.4 Å². The highest BCUT2D eigenvalue weighted by Crippen LogP contribution is 2.32. The molecule has 6 heteroatoms. The number of aromatic nitrogens is 1. The molecule has 0 unspecified atom stereocenters. The molecule has 2 atom stereocenters. The van der Waals surface area contributed by atoms with E-state index in [0.29, 0.717) is 23.7 Å². The van der Waals surface area contributed by atoms with Gasteiger partial charge in [-0.3, -0.25) is 4.79 Å². The Morgan fingerprint density at radius 2 is 1.96 bits per heavy atom. The lowest BCUT2D eigenvalue weighted by atomic mass is 10.0. The summed E-state index contributed by atoms with van der Waals surface area (Å²) < 4.78 is 5.79. The Labute approximate surface area is 174 Å². The minimum atomic E-state index is 0.00480. The Bertz CT molecular complexity index is 1020. The van der Waals surface area contributed by atoms with Crippen LogP contribution in [0, 0.1) is 0 Å². The number of ether oxygens (including phenoxy) is 1. The van der Waals surface area contributed by atoms with Gasteiger partial charge in [0.05, 0.1) is 33.9 Å². The largest absolute Gasteiger partial charge is 0.372 e. The third-order valence-corrected chi connectivity index (χ3v) is 6.46. The molecule has 3 aromatic rings. The monoisotopic (exact) mass is 414 g/mol. The molecule has 1 fully saturated rings. The van der Waals surface area contributed by atoms with Crippen LogP contribution in [0.4, 0.5) is 0 Å². The number of halogens is 1. The molecule has 2 aromatic heterocycles.